The maximum Gasteiger partial charge on any atom is 0.209 e. The van der Waals surface area contributed by atoms with Crippen LogP contribution in [0.15, 0.2) is 60.7 Å². The highest BCUT2D eigenvalue weighted by Crippen LogP contribution is 2.49. The molecule has 3 atom stereocenters. The zero-order valence-corrected chi connectivity index (χ0v) is 13.4. The SMILES string of the molecule is CC(=O)C1C(C)(O)OOC1(C(=O)c1ccccc1)c1ccccc1. The predicted molar refractivity (Wildman–Crippen MR) is 85.9 cm³/mol. The van der Waals surface area contributed by atoms with Crippen molar-refractivity contribution in [3.8, 4) is 0 Å². The van der Waals surface area contributed by atoms with Gasteiger partial charge in [-0.1, -0.05) is 60.7 Å². The maximum atomic E-state index is 13.3. The Morgan fingerprint density at radius 2 is 1.50 bits per heavy atom. The van der Waals surface area contributed by atoms with Gasteiger partial charge in [0.15, 0.2) is 0 Å². The normalized spacial score (nSPS) is 29.4. The van der Waals surface area contributed by atoms with Crippen molar-refractivity contribution in [2.75, 3.05) is 0 Å². The lowest BCUT2D eigenvalue weighted by atomic mass is 9.71. The number of carbonyl (C=O) groups is 2. The topological polar surface area (TPSA) is 72.8 Å². The molecule has 1 fully saturated rings. The molecule has 0 spiro atoms. The minimum absolute atomic E-state index is 0.369. The van der Waals surface area contributed by atoms with Gasteiger partial charge in [-0.15, -0.1) is 0 Å². The Labute approximate surface area is 139 Å². The van der Waals surface area contributed by atoms with Crippen molar-refractivity contribution in [1.29, 1.82) is 0 Å². The van der Waals surface area contributed by atoms with Crippen molar-refractivity contribution in [2.45, 2.75) is 25.2 Å². The van der Waals surface area contributed by atoms with E-state index in [0.29, 0.717) is 11.1 Å². The molecule has 1 saturated heterocycles. The molecule has 3 rings (SSSR count). The summed E-state index contributed by atoms with van der Waals surface area (Å²) in [6.07, 6.45) is 0. The summed E-state index contributed by atoms with van der Waals surface area (Å²) < 4.78 is 0. The molecule has 124 valence electrons. The van der Waals surface area contributed by atoms with Crippen LogP contribution in [0.1, 0.15) is 29.8 Å². The van der Waals surface area contributed by atoms with Crippen LogP contribution in [-0.2, 0) is 20.2 Å². The van der Waals surface area contributed by atoms with E-state index in [4.69, 9.17) is 9.78 Å². The second-order valence-corrected chi connectivity index (χ2v) is 6.06. The van der Waals surface area contributed by atoms with Crippen molar-refractivity contribution >= 4 is 11.6 Å². The third-order valence-electron chi connectivity index (χ3n) is 4.27. The van der Waals surface area contributed by atoms with Gasteiger partial charge in [0.25, 0.3) is 0 Å². The first-order valence-electron chi connectivity index (χ1n) is 7.64. The Balaban J connectivity index is 2.23. The summed E-state index contributed by atoms with van der Waals surface area (Å²) in [5.74, 6) is -3.94. The molecule has 3 unspecified atom stereocenters. The van der Waals surface area contributed by atoms with Crippen molar-refractivity contribution in [2.24, 2.45) is 5.92 Å². The van der Waals surface area contributed by atoms with Gasteiger partial charge in [-0.2, -0.15) is 4.89 Å². The largest absolute Gasteiger partial charge is 0.363 e. The second-order valence-electron chi connectivity index (χ2n) is 6.06. The van der Waals surface area contributed by atoms with Crippen molar-refractivity contribution in [3.63, 3.8) is 0 Å². The molecule has 0 aromatic heterocycles. The van der Waals surface area contributed by atoms with Gasteiger partial charge >= 0.3 is 0 Å². The zero-order chi connectivity index (χ0) is 17.4. The third-order valence-corrected chi connectivity index (χ3v) is 4.27. The summed E-state index contributed by atoms with van der Waals surface area (Å²) in [5.41, 5.74) is -0.913. The smallest absolute Gasteiger partial charge is 0.209 e. The molecule has 5 heteroatoms. The lowest BCUT2D eigenvalue weighted by Gasteiger charge is -2.31. The fourth-order valence-corrected chi connectivity index (χ4v) is 3.29. The Bertz CT molecular complexity index is 754. The number of hydrogen-bond donors (Lipinski definition) is 1. The van der Waals surface area contributed by atoms with Crippen LogP contribution in [0, 0.1) is 5.92 Å². The van der Waals surface area contributed by atoms with Crippen LogP contribution in [0.4, 0.5) is 0 Å². The Morgan fingerprint density at radius 1 is 0.958 bits per heavy atom. The monoisotopic (exact) mass is 326 g/mol. The van der Waals surface area contributed by atoms with Gasteiger partial charge in [0, 0.05) is 5.56 Å². The fourth-order valence-electron chi connectivity index (χ4n) is 3.29. The molecule has 0 radical (unpaired) electrons. The minimum atomic E-state index is -1.91. The summed E-state index contributed by atoms with van der Waals surface area (Å²) in [6.45, 7) is 2.63. The number of ketones is 2. The lowest BCUT2D eigenvalue weighted by Crippen LogP contribution is -2.50. The quantitative estimate of drug-likeness (QED) is 0.691. The molecule has 1 heterocycles. The van der Waals surface area contributed by atoms with Crippen molar-refractivity contribution in [1.82, 2.24) is 0 Å². The van der Waals surface area contributed by atoms with Crippen LogP contribution in [-0.4, -0.2) is 22.5 Å². The molecular formula is C19H18O5. The van der Waals surface area contributed by atoms with Crippen molar-refractivity contribution < 1.29 is 24.5 Å². The van der Waals surface area contributed by atoms with E-state index in [1.807, 2.05) is 0 Å². The van der Waals surface area contributed by atoms with Gasteiger partial charge in [-0.3, -0.25) is 9.59 Å². The van der Waals surface area contributed by atoms with Crippen LogP contribution in [0.2, 0.25) is 0 Å². The summed E-state index contributed by atoms with van der Waals surface area (Å²) in [5, 5.41) is 10.5. The molecule has 0 bridgehead atoms. The van der Waals surface area contributed by atoms with Gasteiger partial charge in [-0.05, 0) is 19.4 Å². The number of carbonyl (C=O) groups excluding carboxylic acids is 2. The van der Waals surface area contributed by atoms with Crippen LogP contribution < -0.4 is 0 Å². The molecule has 24 heavy (non-hydrogen) atoms. The summed E-state index contributed by atoms with van der Waals surface area (Å²) in [4.78, 5) is 36.1. The Hall–Kier alpha value is -2.34. The molecular weight excluding hydrogens is 308 g/mol. The number of rotatable bonds is 4. The predicted octanol–water partition coefficient (Wildman–Crippen LogP) is 2.64. The van der Waals surface area contributed by atoms with E-state index in [9.17, 15) is 14.7 Å². The average molecular weight is 326 g/mol. The zero-order valence-electron chi connectivity index (χ0n) is 13.4. The minimum Gasteiger partial charge on any atom is -0.363 e. The first-order valence-corrected chi connectivity index (χ1v) is 7.64. The fraction of sp³-hybridized carbons (Fsp3) is 0.263. The van der Waals surface area contributed by atoms with E-state index >= 15 is 0 Å². The molecule has 1 N–H and O–H groups in total. The highest BCUT2D eigenvalue weighted by molar-refractivity contribution is 6.06. The van der Waals surface area contributed by atoms with Gasteiger partial charge in [0.2, 0.25) is 17.2 Å². The van der Waals surface area contributed by atoms with E-state index in [2.05, 4.69) is 0 Å². The molecule has 5 nitrogen and oxygen atoms in total. The first-order chi connectivity index (χ1) is 11.4. The second kappa shape index (κ2) is 5.94. The van der Waals surface area contributed by atoms with E-state index in [0.717, 1.165) is 0 Å². The standard InChI is InChI=1S/C19H18O5/c1-13(20)16-18(2,22)23-24-19(16,15-11-7-4-8-12-15)17(21)14-9-5-3-6-10-14/h3-12,16,22H,1-2H3. The van der Waals surface area contributed by atoms with E-state index < -0.39 is 28.9 Å². The molecule has 0 saturated carbocycles. The summed E-state index contributed by atoms with van der Waals surface area (Å²) in [7, 11) is 0. The molecule has 1 aliphatic rings. The van der Waals surface area contributed by atoms with E-state index in [-0.39, 0.29) is 0 Å². The number of Topliss-reactive ketones (excluding diaryl/α,β-unsaturated/α-hetero) is 2. The molecule has 1 aliphatic heterocycles. The van der Waals surface area contributed by atoms with Gasteiger partial charge in [0.05, 0.1) is 0 Å². The van der Waals surface area contributed by atoms with Crippen LogP contribution >= 0.6 is 0 Å². The van der Waals surface area contributed by atoms with Gasteiger partial charge < -0.3 is 5.11 Å². The van der Waals surface area contributed by atoms with E-state index in [1.165, 1.54) is 13.8 Å². The highest BCUT2D eigenvalue weighted by Gasteiger charge is 2.65. The highest BCUT2D eigenvalue weighted by atomic mass is 17.2. The molecule has 0 amide bonds. The maximum absolute atomic E-state index is 13.3. The van der Waals surface area contributed by atoms with Gasteiger partial charge in [0.1, 0.15) is 11.7 Å². The summed E-state index contributed by atoms with van der Waals surface area (Å²) in [6, 6.07) is 17.2. The van der Waals surface area contributed by atoms with Gasteiger partial charge in [-0.25, -0.2) is 4.89 Å². The number of hydrogen-bond acceptors (Lipinski definition) is 5. The van der Waals surface area contributed by atoms with Crippen LogP contribution in [0.5, 0.6) is 0 Å². The van der Waals surface area contributed by atoms with Crippen LogP contribution in [0.25, 0.3) is 0 Å². The summed E-state index contributed by atoms with van der Waals surface area (Å²) >= 11 is 0. The molecule has 0 aliphatic carbocycles. The molecule has 2 aromatic rings. The number of benzene rings is 2. The third kappa shape index (κ3) is 2.47. The lowest BCUT2D eigenvalue weighted by molar-refractivity contribution is -0.384. The number of aliphatic hydroxyl groups is 1. The average Bonchev–Trinajstić information content (AvgIpc) is 2.88. The van der Waals surface area contributed by atoms with Crippen molar-refractivity contribution in [3.05, 3.63) is 71.8 Å². The Morgan fingerprint density at radius 3 is 2.04 bits per heavy atom. The Kier molecular flexibility index (Phi) is 4.09. The molecule has 2 aromatic carbocycles. The van der Waals surface area contributed by atoms with Crippen LogP contribution in [0.3, 0.4) is 0 Å². The first kappa shape index (κ1) is 16.5. The van der Waals surface area contributed by atoms with E-state index in [1.54, 1.807) is 60.7 Å².